The van der Waals surface area contributed by atoms with Gasteiger partial charge in [-0.2, -0.15) is 0 Å². The van der Waals surface area contributed by atoms with Crippen molar-refractivity contribution in [3.05, 3.63) is 20.8 Å². The molecule has 0 aliphatic heterocycles. The molecule has 0 aromatic carbocycles. The molecule has 1 nitrogen and oxygen atoms in total. The summed E-state index contributed by atoms with van der Waals surface area (Å²) < 4.78 is 1.11. The third kappa shape index (κ3) is 2.59. The van der Waals surface area contributed by atoms with E-state index < -0.39 is 0 Å². The molecule has 0 radical (unpaired) electrons. The van der Waals surface area contributed by atoms with Crippen LogP contribution < -0.4 is 0 Å². The van der Waals surface area contributed by atoms with Crippen LogP contribution in [-0.2, 0) is 0 Å². The first kappa shape index (κ1) is 10.7. The maximum absolute atomic E-state index is 9.98. The number of halogens is 1. The number of aliphatic hydroxyl groups is 1. The predicted molar refractivity (Wildman–Crippen MR) is 63.6 cm³/mol. The fourth-order valence-electron chi connectivity index (χ4n) is 2.20. The van der Waals surface area contributed by atoms with Crippen LogP contribution in [0.15, 0.2) is 15.2 Å². The van der Waals surface area contributed by atoms with E-state index in [1.807, 2.05) is 11.4 Å². The molecule has 1 heterocycles. The quantitative estimate of drug-likeness (QED) is 0.879. The lowest BCUT2D eigenvalue weighted by molar-refractivity contribution is 0.145. The lowest BCUT2D eigenvalue weighted by Gasteiger charge is -2.13. The van der Waals surface area contributed by atoms with Crippen molar-refractivity contribution >= 4 is 27.3 Å². The van der Waals surface area contributed by atoms with Crippen molar-refractivity contribution in [3.8, 4) is 0 Å². The van der Waals surface area contributed by atoms with Crippen molar-refractivity contribution in [3.63, 3.8) is 0 Å². The number of hydrogen-bond acceptors (Lipinski definition) is 2. The monoisotopic (exact) mass is 274 g/mol. The van der Waals surface area contributed by atoms with E-state index in [1.165, 1.54) is 25.7 Å². The summed E-state index contributed by atoms with van der Waals surface area (Å²) in [5.41, 5.74) is 1.08. The molecule has 1 aromatic rings. The van der Waals surface area contributed by atoms with E-state index in [-0.39, 0.29) is 6.10 Å². The number of hydrogen-bond donors (Lipinski definition) is 1. The van der Waals surface area contributed by atoms with E-state index in [0.29, 0.717) is 0 Å². The van der Waals surface area contributed by atoms with Gasteiger partial charge >= 0.3 is 0 Å². The summed E-state index contributed by atoms with van der Waals surface area (Å²) in [6, 6.07) is 2.03. The summed E-state index contributed by atoms with van der Waals surface area (Å²) in [5, 5.41) is 12.0. The molecule has 0 bridgehead atoms. The zero-order valence-electron chi connectivity index (χ0n) is 8.08. The average molecular weight is 275 g/mol. The molecule has 14 heavy (non-hydrogen) atoms. The smallest absolute Gasteiger partial charge is 0.0801 e. The normalized spacial score (nSPS) is 20.1. The molecule has 0 saturated heterocycles. The highest BCUT2D eigenvalue weighted by atomic mass is 79.9. The van der Waals surface area contributed by atoms with Gasteiger partial charge in [0.2, 0.25) is 0 Å². The average Bonchev–Trinajstić information content (AvgIpc) is 2.75. The van der Waals surface area contributed by atoms with Crippen molar-refractivity contribution in [2.75, 3.05) is 0 Å². The van der Waals surface area contributed by atoms with Crippen LogP contribution in [0.25, 0.3) is 0 Å². The molecule has 1 aromatic heterocycles. The minimum atomic E-state index is -0.249. The van der Waals surface area contributed by atoms with Crippen LogP contribution in [0.3, 0.4) is 0 Å². The Kier molecular flexibility index (Phi) is 3.63. The van der Waals surface area contributed by atoms with E-state index in [4.69, 9.17) is 0 Å². The van der Waals surface area contributed by atoms with Crippen molar-refractivity contribution in [1.29, 1.82) is 0 Å². The third-order valence-electron chi connectivity index (χ3n) is 3.00. The van der Waals surface area contributed by atoms with Crippen LogP contribution in [0, 0.1) is 5.92 Å². The highest BCUT2D eigenvalue weighted by Crippen LogP contribution is 2.34. The molecular weight excluding hydrogens is 260 g/mol. The first-order valence-corrected chi connectivity index (χ1v) is 6.85. The molecular formula is C11H15BrOS. The van der Waals surface area contributed by atoms with Gasteiger partial charge in [0.1, 0.15) is 0 Å². The van der Waals surface area contributed by atoms with Gasteiger partial charge in [-0.05, 0) is 45.3 Å². The van der Waals surface area contributed by atoms with E-state index in [0.717, 1.165) is 21.7 Å². The fourth-order valence-corrected chi connectivity index (χ4v) is 3.42. The Morgan fingerprint density at radius 2 is 2.21 bits per heavy atom. The van der Waals surface area contributed by atoms with Crippen molar-refractivity contribution < 1.29 is 5.11 Å². The predicted octanol–water partition coefficient (Wildman–Crippen LogP) is 4.12. The Hall–Kier alpha value is 0.140. The standard InChI is InChI=1S/C11H15BrOS/c12-11-6-9(7-14-11)10(13)5-8-3-1-2-4-8/h6-8,10,13H,1-5H2. The van der Waals surface area contributed by atoms with Gasteiger partial charge < -0.3 is 5.11 Å². The van der Waals surface area contributed by atoms with E-state index >= 15 is 0 Å². The molecule has 3 heteroatoms. The van der Waals surface area contributed by atoms with Gasteiger partial charge in [0.25, 0.3) is 0 Å². The Morgan fingerprint density at radius 3 is 2.79 bits per heavy atom. The Balaban J connectivity index is 1.91. The second-order valence-corrected chi connectivity index (χ2v) is 6.38. The maximum atomic E-state index is 9.98. The molecule has 1 unspecified atom stereocenters. The summed E-state index contributed by atoms with van der Waals surface area (Å²) in [6.07, 6.45) is 6.02. The van der Waals surface area contributed by atoms with Crippen LogP contribution in [0.2, 0.25) is 0 Å². The van der Waals surface area contributed by atoms with Crippen LogP contribution in [0.1, 0.15) is 43.8 Å². The third-order valence-corrected chi connectivity index (χ3v) is 4.53. The highest BCUT2D eigenvalue weighted by molar-refractivity contribution is 9.11. The summed E-state index contributed by atoms with van der Waals surface area (Å²) in [6.45, 7) is 0. The van der Waals surface area contributed by atoms with E-state index in [9.17, 15) is 5.11 Å². The van der Waals surface area contributed by atoms with Gasteiger partial charge in [-0.15, -0.1) is 11.3 Å². The molecule has 0 spiro atoms. The van der Waals surface area contributed by atoms with E-state index in [2.05, 4.69) is 15.9 Å². The SMILES string of the molecule is OC(CC1CCCC1)c1csc(Br)c1. The van der Waals surface area contributed by atoms with Crippen LogP contribution in [0.5, 0.6) is 0 Å². The van der Waals surface area contributed by atoms with Crippen LogP contribution in [-0.4, -0.2) is 5.11 Å². The van der Waals surface area contributed by atoms with Crippen molar-refractivity contribution in [2.45, 2.75) is 38.2 Å². The lowest BCUT2D eigenvalue weighted by atomic mass is 9.97. The largest absolute Gasteiger partial charge is 0.388 e. The molecule has 1 N–H and O–H groups in total. The number of rotatable bonds is 3. The molecule has 1 saturated carbocycles. The van der Waals surface area contributed by atoms with Crippen LogP contribution in [0.4, 0.5) is 0 Å². The van der Waals surface area contributed by atoms with Crippen molar-refractivity contribution in [2.24, 2.45) is 5.92 Å². The Morgan fingerprint density at radius 1 is 1.50 bits per heavy atom. The second-order valence-electron chi connectivity index (χ2n) is 4.09. The molecule has 0 amide bonds. The zero-order chi connectivity index (χ0) is 9.97. The maximum Gasteiger partial charge on any atom is 0.0801 e. The van der Waals surface area contributed by atoms with Crippen LogP contribution >= 0.6 is 27.3 Å². The van der Waals surface area contributed by atoms with Gasteiger partial charge in [0, 0.05) is 0 Å². The fraction of sp³-hybridized carbons (Fsp3) is 0.636. The first-order valence-electron chi connectivity index (χ1n) is 5.17. The molecule has 1 aliphatic carbocycles. The molecule has 1 fully saturated rings. The number of thiophene rings is 1. The topological polar surface area (TPSA) is 20.2 Å². The molecule has 2 rings (SSSR count). The molecule has 1 aliphatic rings. The second kappa shape index (κ2) is 4.77. The first-order chi connectivity index (χ1) is 6.75. The van der Waals surface area contributed by atoms with Gasteiger partial charge in [-0.3, -0.25) is 0 Å². The summed E-state index contributed by atoms with van der Waals surface area (Å²) in [4.78, 5) is 0. The van der Waals surface area contributed by atoms with Gasteiger partial charge in [0.15, 0.2) is 0 Å². The van der Waals surface area contributed by atoms with Gasteiger partial charge in [-0.1, -0.05) is 25.7 Å². The minimum absolute atomic E-state index is 0.249. The highest BCUT2D eigenvalue weighted by Gasteiger charge is 2.20. The number of aliphatic hydroxyl groups excluding tert-OH is 1. The summed E-state index contributed by atoms with van der Waals surface area (Å²) in [7, 11) is 0. The summed E-state index contributed by atoms with van der Waals surface area (Å²) in [5.74, 6) is 0.753. The van der Waals surface area contributed by atoms with Crippen molar-refractivity contribution in [1.82, 2.24) is 0 Å². The van der Waals surface area contributed by atoms with Gasteiger partial charge in [0.05, 0.1) is 9.89 Å². The molecule has 78 valence electrons. The Labute approximate surface area is 97.3 Å². The zero-order valence-corrected chi connectivity index (χ0v) is 10.5. The Bertz CT molecular complexity index is 291. The lowest BCUT2D eigenvalue weighted by Crippen LogP contribution is -2.03. The molecule has 1 atom stereocenters. The minimum Gasteiger partial charge on any atom is -0.388 e. The van der Waals surface area contributed by atoms with E-state index in [1.54, 1.807) is 11.3 Å². The summed E-state index contributed by atoms with van der Waals surface area (Å²) >= 11 is 5.07. The van der Waals surface area contributed by atoms with Gasteiger partial charge in [-0.25, -0.2) is 0 Å².